The van der Waals surface area contributed by atoms with Gasteiger partial charge in [-0.3, -0.25) is 14.2 Å². The van der Waals surface area contributed by atoms with Crippen LogP contribution >= 0.6 is 0 Å². The third kappa shape index (κ3) is 5.95. The highest BCUT2D eigenvalue weighted by atomic mass is 16.5. The van der Waals surface area contributed by atoms with Crippen molar-refractivity contribution in [1.29, 1.82) is 0 Å². The first-order chi connectivity index (χ1) is 17.0. The monoisotopic (exact) mass is 481 g/mol. The number of nitrogens with zero attached hydrogens (tertiary/aromatic N) is 2. The van der Waals surface area contributed by atoms with Gasteiger partial charge < -0.3 is 24.4 Å². The number of nitrogens with one attached hydrogen (secondary N) is 1. The molecule has 1 heterocycles. The number of carbonyl (C=O) groups is 1. The van der Waals surface area contributed by atoms with Gasteiger partial charge in [-0.25, -0.2) is 0 Å². The maximum Gasteiger partial charge on any atom is 0.263 e. The third-order valence-electron chi connectivity index (χ3n) is 6.02. The highest BCUT2D eigenvalue weighted by molar-refractivity contribution is 6.07. The zero-order chi connectivity index (χ0) is 25.4. The van der Waals surface area contributed by atoms with E-state index in [4.69, 9.17) is 14.2 Å². The molecule has 0 aliphatic rings. The Morgan fingerprint density at radius 2 is 1.60 bits per heavy atom. The fraction of sp³-hybridized carbons (Fsp3) is 0.407. The van der Waals surface area contributed by atoms with Crippen molar-refractivity contribution < 1.29 is 19.0 Å². The molecule has 0 spiro atoms. The summed E-state index contributed by atoms with van der Waals surface area (Å²) in [4.78, 5) is 29.1. The molecule has 0 unspecified atom stereocenters. The summed E-state index contributed by atoms with van der Waals surface area (Å²) in [6.07, 6.45) is 2.42. The van der Waals surface area contributed by atoms with Gasteiger partial charge in [0.2, 0.25) is 0 Å². The Balaban J connectivity index is 2.04. The SMILES string of the molecule is CCOc1ccc(-n2cc(C(=O)NCCCN(CC)CC)c3cc(OC)c(OC)cc3c2=O)cc1. The van der Waals surface area contributed by atoms with Crippen LogP contribution in [0.4, 0.5) is 0 Å². The third-order valence-corrected chi connectivity index (χ3v) is 6.02. The molecule has 0 fully saturated rings. The predicted octanol–water partition coefficient (Wildman–Crippen LogP) is 3.87. The van der Waals surface area contributed by atoms with Crippen molar-refractivity contribution in [1.82, 2.24) is 14.8 Å². The Kier molecular flexibility index (Phi) is 9.14. The lowest BCUT2D eigenvalue weighted by atomic mass is 10.0. The van der Waals surface area contributed by atoms with E-state index in [-0.39, 0.29) is 11.5 Å². The van der Waals surface area contributed by atoms with Crippen LogP contribution in [0.5, 0.6) is 17.2 Å². The van der Waals surface area contributed by atoms with Gasteiger partial charge >= 0.3 is 0 Å². The average Bonchev–Trinajstić information content (AvgIpc) is 2.89. The summed E-state index contributed by atoms with van der Waals surface area (Å²) < 4.78 is 17.8. The molecule has 0 saturated heterocycles. The van der Waals surface area contributed by atoms with Crippen LogP contribution in [-0.2, 0) is 0 Å². The summed E-state index contributed by atoms with van der Waals surface area (Å²) in [5.41, 5.74) is 0.756. The van der Waals surface area contributed by atoms with E-state index in [1.165, 1.54) is 18.8 Å². The Labute approximate surface area is 206 Å². The summed E-state index contributed by atoms with van der Waals surface area (Å²) in [5, 5.41) is 3.89. The Morgan fingerprint density at radius 1 is 0.971 bits per heavy atom. The summed E-state index contributed by atoms with van der Waals surface area (Å²) in [6, 6.07) is 10.5. The smallest absolute Gasteiger partial charge is 0.263 e. The molecule has 2 aromatic carbocycles. The van der Waals surface area contributed by atoms with Gasteiger partial charge in [0.05, 0.1) is 31.8 Å². The van der Waals surface area contributed by atoms with E-state index in [1.54, 1.807) is 42.6 Å². The van der Waals surface area contributed by atoms with Crippen molar-refractivity contribution in [3.05, 3.63) is 58.5 Å². The zero-order valence-electron chi connectivity index (χ0n) is 21.2. The van der Waals surface area contributed by atoms with Crippen LogP contribution in [0.1, 0.15) is 37.6 Å². The molecule has 3 aromatic rings. The van der Waals surface area contributed by atoms with Gasteiger partial charge in [0.15, 0.2) is 11.5 Å². The van der Waals surface area contributed by atoms with Crippen LogP contribution in [0.15, 0.2) is 47.4 Å². The number of rotatable bonds is 12. The van der Waals surface area contributed by atoms with Crippen molar-refractivity contribution in [3.63, 3.8) is 0 Å². The summed E-state index contributed by atoms with van der Waals surface area (Å²) in [7, 11) is 3.04. The Hall–Kier alpha value is -3.52. The average molecular weight is 482 g/mol. The maximum atomic E-state index is 13.5. The molecule has 1 aromatic heterocycles. The van der Waals surface area contributed by atoms with Crippen molar-refractivity contribution in [2.24, 2.45) is 0 Å². The van der Waals surface area contributed by atoms with E-state index in [9.17, 15) is 9.59 Å². The largest absolute Gasteiger partial charge is 0.494 e. The molecule has 3 rings (SSSR count). The first kappa shape index (κ1) is 26.1. The number of amides is 1. The van der Waals surface area contributed by atoms with Crippen LogP contribution < -0.4 is 25.1 Å². The van der Waals surface area contributed by atoms with E-state index >= 15 is 0 Å². The normalized spacial score (nSPS) is 11.0. The number of benzene rings is 2. The van der Waals surface area contributed by atoms with Crippen molar-refractivity contribution in [3.8, 4) is 22.9 Å². The molecule has 188 valence electrons. The van der Waals surface area contributed by atoms with Crippen LogP contribution in [0.3, 0.4) is 0 Å². The summed E-state index contributed by atoms with van der Waals surface area (Å²) in [6.45, 7) is 10.1. The van der Waals surface area contributed by atoms with Crippen LogP contribution in [0.2, 0.25) is 0 Å². The standard InChI is InChI=1S/C27H35N3O5/c1-6-29(7-2)15-9-14-28-26(31)23-18-30(19-10-12-20(13-11-19)35-8-3)27(32)22-17-25(34-5)24(33-4)16-21(22)23/h10-13,16-18H,6-9,14-15H2,1-5H3,(H,28,31). The fourth-order valence-corrected chi connectivity index (χ4v) is 4.05. The van der Waals surface area contributed by atoms with E-state index in [0.29, 0.717) is 52.4 Å². The highest BCUT2D eigenvalue weighted by Crippen LogP contribution is 2.32. The Morgan fingerprint density at radius 3 is 2.17 bits per heavy atom. The van der Waals surface area contributed by atoms with Gasteiger partial charge in [-0.15, -0.1) is 0 Å². The predicted molar refractivity (Wildman–Crippen MR) is 139 cm³/mol. The second-order valence-electron chi connectivity index (χ2n) is 8.03. The fourth-order valence-electron chi connectivity index (χ4n) is 4.05. The maximum absolute atomic E-state index is 13.5. The lowest BCUT2D eigenvalue weighted by Gasteiger charge is -2.18. The topological polar surface area (TPSA) is 82.0 Å². The number of carbonyl (C=O) groups excluding carboxylic acids is 1. The highest BCUT2D eigenvalue weighted by Gasteiger charge is 2.19. The molecule has 0 atom stereocenters. The van der Waals surface area contributed by atoms with Gasteiger partial charge in [0, 0.05) is 23.8 Å². The molecule has 1 N–H and O–H groups in total. The minimum absolute atomic E-state index is 0.249. The Bertz CT molecular complexity index is 1200. The molecule has 0 radical (unpaired) electrons. The van der Waals surface area contributed by atoms with Crippen molar-refractivity contribution >= 4 is 16.7 Å². The summed E-state index contributed by atoms with van der Waals surface area (Å²) in [5.74, 6) is 1.34. The first-order valence-corrected chi connectivity index (χ1v) is 12.0. The minimum Gasteiger partial charge on any atom is -0.494 e. The molecule has 35 heavy (non-hydrogen) atoms. The first-order valence-electron chi connectivity index (χ1n) is 12.0. The number of fused-ring (bicyclic) bond motifs is 1. The molecule has 0 aliphatic carbocycles. The van der Waals surface area contributed by atoms with Gasteiger partial charge in [0.1, 0.15) is 5.75 Å². The lowest BCUT2D eigenvalue weighted by molar-refractivity contribution is 0.0953. The van der Waals surface area contributed by atoms with E-state index in [0.717, 1.165) is 26.1 Å². The van der Waals surface area contributed by atoms with Gasteiger partial charge in [-0.1, -0.05) is 13.8 Å². The second-order valence-corrected chi connectivity index (χ2v) is 8.03. The van der Waals surface area contributed by atoms with Gasteiger partial charge in [0.25, 0.3) is 11.5 Å². The number of hydrogen-bond donors (Lipinski definition) is 1. The molecule has 8 heteroatoms. The second kappa shape index (κ2) is 12.3. The van der Waals surface area contributed by atoms with E-state index in [2.05, 4.69) is 24.1 Å². The van der Waals surface area contributed by atoms with Crippen LogP contribution in [0.25, 0.3) is 16.5 Å². The summed E-state index contributed by atoms with van der Waals surface area (Å²) >= 11 is 0. The number of aromatic nitrogens is 1. The molecule has 0 bridgehead atoms. The van der Waals surface area contributed by atoms with E-state index < -0.39 is 0 Å². The lowest BCUT2D eigenvalue weighted by Crippen LogP contribution is -2.31. The molecule has 8 nitrogen and oxygen atoms in total. The quantitative estimate of drug-likeness (QED) is 0.396. The van der Waals surface area contributed by atoms with Crippen molar-refractivity contribution in [2.75, 3.05) is 47.0 Å². The molecule has 0 aliphatic heterocycles. The number of methoxy groups -OCH3 is 2. The minimum atomic E-state index is -0.261. The van der Waals surface area contributed by atoms with Crippen LogP contribution in [0, 0.1) is 0 Å². The molecular weight excluding hydrogens is 446 g/mol. The van der Waals surface area contributed by atoms with Gasteiger partial charge in [-0.05, 0) is 69.4 Å². The van der Waals surface area contributed by atoms with Crippen molar-refractivity contribution in [2.45, 2.75) is 27.2 Å². The van der Waals surface area contributed by atoms with Gasteiger partial charge in [-0.2, -0.15) is 0 Å². The number of ether oxygens (including phenoxy) is 3. The molecule has 1 amide bonds. The zero-order valence-corrected chi connectivity index (χ0v) is 21.2. The number of hydrogen-bond acceptors (Lipinski definition) is 6. The molecule has 0 saturated carbocycles. The van der Waals surface area contributed by atoms with E-state index in [1.807, 2.05) is 6.92 Å². The number of pyridine rings is 1. The van der Waals surface area contributed by atoms with Crippen LogP contribution in [-0.4, -0.2) is 62.4 Å². The molecular formula is C27H35N3O5.